The van der Waals surface area contributed by atoms with Crippen molar-refractivity contribution >= 4 is 29.6 Å². The molecule has 0 bridgehead atoms. The van der Waals surface area contributed by atoms with Gasteiger partial charge in [0.05, 0.1) is 14.2 Å². The van der Waals surface area contributed by atoms with E-state index in [4.69, 9.17) is 0 Å². The molecule has 1 aliphatic rings. The highest BCUT2D eigenvalue weighted by atomic mass is 32.2. The van der Waals surface area contributed by atoms with Crippen LogP contribution in [0.5, 0.6) is 0 Å². The third-order valence-corrected chi connectivity index (χ3v) is 4.30. The first-order valence-corrected chi connectivity index (χ1v) is 7.71. The van der Waals surface area contributed by atoms with Crippen LogP contribution < -0.4 is 0 Å². The fourth-order valence-electron chi connectivity index (χ4n) is 2.00. The lowest BCUT2D eigenvalue weighted by Crippen LogP contribution is -2.41. The number of hydrogen-bond donors (Lipinski definition) is 0. The highest BCUT2D eigenvalue weighted by molar-refractivity contribution is 7.99. The van der Waals surface area contributed by atoms with Crippen molar-refractivity contribution in [2.24, 2.45) is 5.92 Å². The SMILES string of the molecule is COC(=O)CN(CC(=O)OC)C(=O)CC1CCSCC1. The molecule has 1 rings (SSSR count). The molecule has 0 radical (unpaired) electrons. The number of amides is 1. The summed E-state index contributed by atoms with van der Waals surface area (Å²) in [4.78, 5) is 36.1. The van der Waals surface area contributed by atoms with Crippen molar-refractivity contribution in [3.05, 3.63) is 0 Å². The van der Waals surface area contributed by atoms with Gasteiger partial charge in [-0.15, -0.1) is 0 Å². The summed E-state index contributed by atoms with van der Waals surface area (Å²) < 4.78 is 9.10. The van der Waals surface area contributed by atoms with Gasteiger partial charge in [0, 0.05) is 6.42 Å². The highest BCUT2D eigenvalue weighted by Crippen LogP contribution is 2.25. The lowest BCUT2D eigenvalue weighted by molar-refractivity contribution is -0.152. The topological polar surface area (TPSA) is 72.9 Å². The quantitative estimate of drug-likeness (QED) is 0.672. The molecule has 0 atom stereocenters. The number of carbonyl (C=O) groups is 3. The average molecular weight is 303 g/mol. The average Bonchev–Trinajstić information content (AvgIpc) is 2.47. The van der Waals surface area contributed by atoms with E-state index >= 15 is 0 Å². The molecule has 0 unspecified atom stereocenters. The van der Waals surface area contributed by atoms with Crippen molar-refractivity contribution in [1.82, 2.24) is 4.90 Å². The van der Waals surface area contributed by atoms with Crippen molar-refractivity contribution in [1.29, 1.82) is 0 Å². The zero-order valence-corrected chi connectivity index (χ0v) is 12.7. The molecule has 6 nitrogen and oxygen atoms in total. The molecule has 1 amide bonds. The monoisotopic (exact) mass is 303 g/mol. The molecule has 1 saturated heterocycles. The molecule has 0 aromatic rings. The number of nitrogens with zero attached hydrogens (tertiary/aromatic N) is 1. The van der Waals surface area contributed by atoms with Gasteiger partial charge in [0.15, 0.2) is 0 Å². The summed E-state index contributed by atoms with van der Waals surface area (Å²) in [6.07, 6.45) is 2.37. The molecule has 0 saturated carbocycles. The van der Waals surface area contributed by atoms with Crippen LogP contribution in [0, 0.1) is 5.92 Å². The molecule has 0 N–H and O–H groups in total. The third kappa shape index (κ3) is 5.81. The minimum Gasteiger partial charge on any atom is -0.468 e. The smallest absolute Gasteiger partial charge is 0.325 e. The first kappa shape index (κ1) is 16.8. The second kappa shape index (κ2) is 8.84. The van der Waals surface area contributed by atoms with Crippen LogP contribution in [0.25, 0.3) is 0 Å². The molecule has 1 heterocycles. The molecule has 1 fully saturated rings. The summed E-state index contributed by atoms with van der Waals surface area (Å²) >= 11 is 1.89. The largest absolute Gasteiger partial charge is 0.468 e. The Hall–Kier alpha value is -1.24. The molecule has 20 heavy (non-hydrogen) atoms. The van der Waals surface area contributed by atoms with Crippen molar-refractivity contribution in [3.8, 4) is 0 Å². The Balaban J connectivity index is 2.57. The summed E-state index contributed by atoms with van der Waals surface area (Å²) in [6, 6.07) is 0. The molecule has 1 aliphatic heterocycles. The molecular weight excluding hydrogens is 282 g/mol. The first-order valence-electron chi connectivity index (χ1n) is 6.56. The molecule has 0 aromatic carbocycles. The Bertz CT molecular complexity index is 337. The van der Waals surface area contributed by atoms with Gasteiger partial charge < -0.3 is 14.4 Å². The van der Waals surface area contributed by atoms with E-state index in [0.717, 1.165) is 24.3 Å². The Labute approximate surface area is 123 Å². The number of ether oxygens (including phenoxy) is 2. The van der Waals surface area contributed by atoms with Crippen molar-refractivity contribution < 1.29 is 23.9 Å². The summed E-state index contributed by atoms with van der Waals surface area (Å²) in [5.41, 5.74) is 0. The minimum absolute atomic E-state index is 0.197. The summed E-state index contributed by atoms with van der Waals surface area (Å²) in [5, 5.41) is 0. The van der Waals surface area contributed by atoms with Crippen molar-refractivity contribution in [3.63, 3.8) is 0 Å². The van der Waals surface area contributed by atoms with Gasteiger partial charge in [-0.2, -0.15) is 11.8 Å². The van der Waals surface area contributed by atoms with E-state index < -0.39 is 11.9 Å². The van der Waals surface area contributed by atoms with Gasteiger partial charge in [-0.25, -0.2) is 0 Å². The molecule has 114 valence electrons. The van der Waals surface area contributed by atoms with E-state index in [1.807, 2.05) is 11.8 Å². The number of hydrogen-bond acceptors (Lipinski definition) is 6. The van der Waals surface area contributed by atoms with Crippen molar-refractivity contribution in [2.45, 2.75) is 19.3 Å². The maximum Gasteiger partial charge on any atom is 0.325 e. The molecular formula is C13H21NO5S. The summed E-state index contributed by atoms with van der Waals surface area (Å²) in [7, 11) is 2.50. The van der Waals surface area contributed by atoms with E-state index in [0.29, 0.717) is 12.3 Å². The number of esters is 2. The number of carbonyl (C=O) groups excluding carboxylic acids is 3. The van der Waals surface area contributed by atoms with Crippen LogP contribution in [0.2, 0.25) is 0 Å². The standard InChI is InChI=1S/C13H21NO5S/c1-18-12(16)8-14(9-13(17)19-2)11(15)7-10-3-5-20-6-4-10/h10H,3-9H2,1-2H3. The van der Waals surface area contributed by atoms with Gasteiger partial charge in [-0.05, 0) is 30.3 Å². The molecule has 0 aromatic heterocycles. The minimum atomic E-state index is -0.540. The predicted molar refractivity (Wildman–Crippen MR) is 75.3 cm³/mol. The second-order valence-electron chi connectivity index (χ2n) is 4.66. The van der Waals surface area contributed by atoms with Crippen LogP contribution in [0.15, 0.2) is 0 Å². The molecule has 0 spiro atoms. The van der Waals surface area contributed by atoms with Gasteiger partial charge in [-0.3, -0.25) is 14.4 Å². The number of methoxy groups -OCH3 is 2. The van der Waals surface area contributed by atoms with E-state index in [2.05, 4.69) is 9.47 Å². The van der Waals surface area contributed by atoms with Crippen LogP contribution in [0.1, 0.15) is 19.3 Å². The Kier molecular flexibility index (Phi) is 7.43. The van der Waals surface area contributed by atoms with Crippen LogP contribution in [-0.4, -0.2) is 61.6 Å². The van der Waals surface area contributed by atoms with E-state index in [9.17, 15) is 14.4 Å². The van der Waals surface area contributed by atoms with Gasteiger partial charge in [0.2, 0.25) is 5.91 Å². The Morgan fingerprint density at radius 1 is 1.05 bits per heavy atom. The summed E-state index contributed by atoms with van der Waals surface area (Å²) in [5.74, 6) is 1.18. The van der Waals surface area contributed by atoms with E-state index in [-0.39, 0.29) is 19.0 Å². The molecule has 7 heteroatoms. The second-order valence-corrected chi connectivity index (χ2v) is 5.89. The zero-order chi connectivity index (χ0) is 15.0. The number of thioether (sulfide) groups is 1. The van der Waals surface area contributed by atoms with Gasteiger partial charge in [0.25, 0.3) is 0 Å². The van der Waals surface area contributed by atoms with Crippen LogP contribution in [0.4, 0.5) is 0 Å². The van der Waals surface area contributed by atoms with Crippen LogP contribution >= 0.6 is 11.8 Å². The molecule has 0 aliphatic carbocycles. The highest BCUT2D eigenvalue weighted by Gasteiger charge is 2.24. The Morgan fingerprint density at radius 2 is 1.55 bits per heavy atom. The van der Waals surface area contributed by atoms with Gasteiger partial charge in [0.1, 0.15) is 13.1 Å². The maximum atomic E-state index is 12.2. The lowest BCUT2D eigenvalue weighted by Gasteiger charge is -2.25. The maximum absolute atomic E-state index is 12.2. The van der Waals surface area contributed by atoms with Crippen LogP contribution in [-0.2, 0) is 23.9 Å². The van der Waals surface area contributed by atoms with Gasteiger partial charge in [-0.1, -0.05) is 0 Å². The predicted octanol–water partition coefficient (Wildman–Crippen LogP) is 0.694. The summed E-state index contributed by atoms with van der Waals surface area (Å²) in [6.45, 7) is -0.433. The first-order chi connectivity index (χ1) is 9.56. The third-order valence-electron chi connectivity index (χ3n) is 3.25. The fraction of sp³-hybridized carbons (Fsp3) is 0.769. The Morgan fingerprint density at radius 3 is 2.00 bits per heavy atom. The van der Waals surface area contributed by atoms with Gasteiger partial charge >= 0.3 is 11.9 Å². The lowest BCUT2D eigenvalue weighted by atomic mass is 9.98. The fourth-order valence-corrected chi connectivity index (χ4v) is 3.20. The number of rotatable bonds is 6. The van der Waals surface area contributed by atoms with E-state index in [1.165, 1.54) is 19.1 Å². The van der Waals surface area contributed by atoms with Crippen LogP contribution in [0.3, 0.4) is 0 Å². The van der Waals surface area contributed by atoms with Crippen molar-refractivity contribution in [2.75, 3.05) is 38.8 Å². The van der Waals surface area contributed by atoms with E-state index in [1.54, 1.807) is 0 Å². The zero-order valence-electron chi connectivity index (χ0n) is 11.9. The normalized spacial score (nSPS) is 15.5.